The van der Waals surface area contributed by atoms with E-state index >= 15 is 0 Å². The number of benzene rings is 1. The maximum absolute atomic E-state index is 12.1. The van der Waals surface area contributed by atoms with Gasteiger partial charge in [-0.15, -0.1) is 0 Å². The maximum atomic E-state index is 12.1. The summed E-state index contributed by atoms with van der Waals surface area (Å²) in [6.45, 7) is 4.59. The zero-order valence-electron chi connectivity index (χ0n) is 10.3. The molecule has 2 unspecified atom stereocenters. The number of hydrogen-bond donors (Lipinski definition) is 1. The molecule has 1 aliphatic heterocycles. The zero-order chi connectivity index (χ0) is 12.8. The quantitative estimate of drug-likeness (QED) is 0.492. The van der Waals surface area contributed by atoms with Crippen LogP contribution in [0.5, 0.6) is 0 Å². The van der Waals surface area contributed by atoms with E-state index in [4.69, 9.17) is 10.5 Å². The van der Waals surface area contributed by atoms with Gasteiger partial charge in [-0.05, 0) is 37.0 Å². The van der Waals surface area contributed by atoms with E-state index in [1.54, 1.807) is 0 Å². The summed E-state index contributed by atoms with van der Waals surface area (Å²) in [5, 5.41) is 0. The van der Waals surface area contributed by atoms with Crippen molar-refractivity contribution in [1.82, 2.24) is 0 Å². The molecule has 0 radical (unpaired) electrons. The summed E-state index contributed by atoms with van der Waals surface area (Å²) in [5.74, 6) is 0.248. The number of nitrogens with two attached hydrogens (primary N) is 1. The van der Waals surface area contributed by atoms with Crippen LogP contribution in [0.4, 0.5) is 5.69 Å². The van der Waals surface area contributed by atoms with Gasteiger partial charge in [0.1, 0.15) is 0 Å². The molecule has 1 saturated heterocycles. The minimum Gasteiger partial charge on any atom is -0.465 e. The Labute approximate surface area is 107 Å². The lowest BCUT2D eigenvalue weighted by Crippen LogP contribution is -2.31. The molecule has 18 heavy (non-hydrogen) atoms. The number of allylic oxidation sites excluding steroid dienone is 1. The fourth-order valence-corrected chi connectivity index (χ4v) is 3.26. The zero-order valence-corrected chi connectivity index (χ0v) is 10.3. The molecule has 1 heterocycles. The summed E-state index contributed by atoms with van der Waals surface area (Å²) in [5.41, 5.74) is 8.38. The van der Waals surface area contributed by atoms with Gasteiger partial charge in [0.25, 0.3) is 0 Å². The normalized spacial score (nSPS) is 30.3. The van der Waals surface area contributed by atoms with Crippen molar-refractivity contribution in [3.05, 3.63) is 42.0 Å². The molecule has 0 amide bonds. The van der Waals surface area contributed by atoms with Crippen LogP contribution >= 0.6 is 0 Å². The summed E-state index contributed by atoms with van der Waals surface area (Å²) in [6, 6.07) is 7.75. The molecule has 2 fully saturated rings. The van der Waals surface area contributed by atoms with Crippen molar-refractivity contribution in [2.24, 2.45) is 11.3 Å². The number of carbonyl (C=O) groups excluding carboxylic acids is 1. The fraction of sp³-hybridized carbons (Fsp3) is 0.400. The Balaban J connectivity index is 1.91. The monoisotopic (exact) mass is 243 g/mol. The van der Waals surface area contributed by atoms with Gasteiger partial charge in [-0.1, -0.05) is 24.3 Å². The number of rotatable bonds is 2. The Kier molecular flexibility index (Phi) is 2.44. The summed E-state index contributed by atoms with van der Waals surface area (Å²) >= 11 is 0. The lowest BCUT2D eigenvalue weighted by molar-refractivity contribution is -0.146. The summed E-state index contributed by atoms with van der Waals surface area (Å²) < 4.78 is 5.26. The van der Waals surface area contributed by atoms with Gasteiger partial charge < -0.3 is 10.5 Å². The van der Waals surface area contributed by atoms with Crippen LogP contribution in [0.25, 0.3) is 0 Å². The van der Waals surface area contributed by atoms with Crippen molar-refractivity contribution in [3.8, 4) is 0 Å². The summed E-state index contributed by atoms with van der Waals surface area (Å²) in [4.78, 5) is 12.1. The molecule has 2 aliphatic rings. The number of anilines is 1. The highest BCUT2D eigenvalue weighted by Crippen LogP contribution is 2.52. The predicted molar refractivity (Wildman–Crippen MR) is 69.8 cm³/mol. The minimum absolute atomic E-state index is 0.0528. The Bertz CT molecular complexity index is 506. The van der Waals surface area contributed by atoms with Crippen LogP contribution in [-0.2, 0) is 16.0 Å². The lowest BCUT2D eigenvalue weighted by Gasteiger charge is -2.24. The largest absolute Gasteiger partial charge is 0.465 e. The highest BCUT2D eigenvalue weighted by Gasteiger charge is 2.55. The van der Waals surface area contributed by atoms with Gasteiger partial charge in [0, 0.05) is 11.6 Å². The van der Waals surface area contributed by atoms with Gasteiger partial charge in [0.2, 0.25) is 0 Å². The molecule has 3 heteroatoms. The van der Waals surface area contributed by atoms with Crippen LogP contribution < -0.4 is 5.73 Å². The van der Waals surface area contributed by atoms with E-state index in [0.717, 1.165) is 30.5 Å². The molecule has 3 rings (SSSR count). The first-order chi connectivity index (χ1) is 8.60. The predicted octanol–water partition coefficient (Wildman–Crippen LogP) is 2.32. The molecule has 2 N–H and O–H groups in total. The molecule has 3 nitrogen and oxygen atoms in total. The summed E-state index contributed by atoms with van der Waals surface area (Å²) in [6.07, 6.45) is 2.41. The van der Waals surface area contributed by atoms with Crippen molar-refractivity contribution in [3.63, 3.8) is 0 Å². The number of esters is 1. The maximum Gasteiger partial charge on any atom is 0.313 e. The molecular weight excluding hydrogens is 226 g/mol. The van der Waals surface area contributed by atoms with Gasteiger partial charge in [-0.2, -0.15) is 0 Å². The van der Waals surface area contributed by atoms with Gasteiger partial charge >= 0.3 is 5.97 Å². The molecule has 1 saturated carbocycles. The Morgan fingerprint density at radius 1 is 1.39 bits per heavy atom. The SMILES string of the molecule is C=C1CC2COC(=O)C2(Cc2ccc(N)cc2)C1. The third-order valence-corrected chi connectivity index (χ3v) is 4.20. The molecule has 0 spiro atoms. The van der Waals surface area contributed by atoms with Crippen LogP contribution in [0, 0.1) is 11.3 Å². The standard InChI is InChI=1S/C15H17NO2/c1-10-6-12-9-18-14(17)15(12,7-10)8-11-2-4-13(16)5-3-11/h2-5,12H,1,6-9,16H2. The molecule has 1 aliphatic carbocycles. The average Bonchev–Trinajstić information content (AvgIpc) is 2.79. The van der Waals surface area contributed by atoms with E-state index in [1.807, 2.05) is 24.3 Å². The molecule has 2 atom stereocenters. The van der Waals surface area contributed by atoms with Crippen molar-refractivity contribution in [1.29, 1.82) is 0 Å². The molecule has 94 valence electrons. The van der Waals surface area contributed by atoms with Crippen LogP contribution in [0.1, 0.15) is 18.4 Å². The van der Waals surface area contributed by atoms with E-state index in [0.29, 0.717) is 12.5 Å². The lowest BCUT2D eigenvalue weighted by atomic mass is 9.75. The first kappa shape index (κ1) is 11.3. The van der Waals surface area contributed by atoms with Crippen LogP contribution in [0.3, 0.4) is 0 Å². The second-order valence-electron chi connectivity index (χ2n) is 5.50. The van der Waals surface area contributed by atoms with E-state index in [2.05, 4.69) is 6.58 Å². The second kappa shape index (κ2) is 3.87. The first-order valence-corrected chi connectivity index (χ1v) is 6.28. The number of ether oxygens (including phenoxy) is 1. The third kappa shape index (κ3) is 1.62. The van der Waals surface area contributed by atoms with Gasteiger partial charge in [0.05, 0.1) is 12.0 Å². The number of fused-ring (bicyclic) bond motifs is 1. The molecule has 1 aromatic carbocycles. The minimum atomic E-state index is -0.368. The van der Waals surface area contributed by atoms with Gasteiger partial charge in [-0.3, -0.25) is 4.79 Å². The second-order valence-corrected chi connectivity index (χ2v) is 5.50. The Morgan fingerprint density at radius 2 is 2.11 bits per heavy atom. The molecule has 0 aromatic heterocycles. The topological polar surface area (TPSA) is 52.3 Å². The van der Waals surface area contributed by atoms with E-state index in [-0.39, 0.29) is 11.4 Å². The van der Waals surface area contributed by atoms with Crippen molar-refractivity contribution in [2.75, 3.05) is 12.3 Å². The molecular formula is C15H17NO2. The van der Waals surface area contributed by atoms with Crippen molar-refractivity contribution in [2.45, 2.75) is 19.3 Å². The molecule has 1 aromatic rings. The first-order valence-electron chi connectivity index (χ1n) is 6.28. The van der Waals surface area contributed by atoms with Gasteiger partial charge in [0.15, 0.2) is 0 Å². The van der Waals surface area contributed by atoms with Crippen molar-refractivity contribution >= 4 is 11.7 Å². The average molecular weight is 243 g/mol. The summed E-state index contributed by atoms with van der Waals surface area (Å²) in [7, 11) is 0. The molecule has 0 bridgehead atoms. The van der Waals surface area contributed by atoms with Crippen molar-refractivity contribution < 1.29 is 9.53 Å². The highest BCUT2D eigenvalue weighted by molar-refractivity contribution is 5.81. The number of carbonyl (C=O) groups is 1. The third-order valence-electron chi connectivity index (χ3n) is 4.20. The van der Waals surface area contributed by atoms with E-state index in [1.165, 1.54) is 5.57 Å². The number of nitrogen functional groups attached to an aromatic ring is 1. The highest BCUT2D eigenvalue weighted by atomic mass is 16.5. The van der Waals surface area contributed by atoms with E-state index in [9.17, 15) is 4.79 Å². The van der Waals surface area contributed by atoms with Gasteiger partial charge in [-0.25, -0.2) is 0 Å². The fourth-order valence-electron chi connectivity index (χ4n) is 3.26. The van der Waals surface area contributed by atoms with Crippen LogP contribution in [-0.4, -0.2) is 12.6 Å². The Morgan fingerprint density at radius 3 is 2.83 bits per heavy atom. The smallest absolute Gasteiger partial charge is 0.313 e. The van der Waals surface area contributed by atoms with Crippen LogP contribution in [0.2, 0.25) is 0 Å². The Hall–Kier alpha value is -1.77. The number of cyclic esters (lactones) is 1. The van der Waals surface area contributed by atoms with Crippen LogP contribution in [0.15, 0.2) is 36.4 Å². The van der Waals surface area contributed by atoms with E-state index < -0.39 is 0 Å². The number of hydrogen-bond acceptors (Lipinski definition) is 3.